The van der Waals surface area contributed by atoms with Gasteiger partial charge in [-0.1, -0.05) is 0 Å². The third-order valence-corrected chi connectivity index (χ3v) is 2.48. The molecule has 0 radical (unpaired) electrons. The maximum absolute atomic E-state index is 11.6. The van der Waals surface area contributed by atoms with Gasteiger partial charge in [0.25, 0.3) is 5.91 Å². The number of nitrogens with one attached hydrogen (secondary N) is 2. The Morgan fingerprint density at radius 2 is 1.85 bits per heavy atom. The number of anilines is 1. The molecule has 7 nitrogen and oxygen atoms in total. The number of carboxylic acid groups (broad SMARTS) is 1. The van der Waals surface area contributed by atoms with Gasteiger partial charge in [-0.25, -0.2) is 0 Å². The highest BCUT2D eigenvalue weighted by molar-refractivity contribution is 5.98. The molecule has 1 aromatic carbocycles. The first kappa shape index (κ1) is 15.6. The summed E-state index contributed by atoms with van der Waals surface area (Å²) in [6.45, 7) is 2.34. The summed E-state index contributed by atoms with van der Waals surface area (Å²) in [6.07, 6.45) is -0.442. The number of nitrogens with two attached hydrogens (primary N) is 1. The highest BCUT2D eigenvalue weighted by atomic mass is 16.4. The molecule has 0 spiro atoms. The molecule has 7 heteroatoms. The molecule has 1 unspecified atom stereocenters. The van der Waals surface area contributed by atoms with Crippen molar-refractivity contribution in [3.8, 4) is 0 Å². The summed E-state index contributed by atoms with van der Waals surface area (Å²) in [5.74, 6) is -1.93. The van der Waals surface area contributed by atoms with Crippen LogP contribution in [0.3, 0.4) is 0 Å². The Morgan fingerprint density at radius 1 is 1.25 bits per heavy atom. The van der Waals surface area contributed by atoms with Crippen LogP contribution in [0.2, 0.25) is 0 Å². The maximum atomic E-state index is 11.6. The molecule has 5 N–H and O–H groups in total. The predicted molar refractivity (Wildman–Crippen MR) is 73.3 cm³/mol. The minimum absolute atomic E-state index is 0.201. The minimum atomic E-state index is -1.14. The van der Waals surface area contributed by atoms with Crippen molar-refractivity contribution in [2.45, 2.75) is 19.4 Å². The van der Waals surface area contributed by atoms with Gasteiger partial charge in [0.15, 0.2) is 0 Å². The Balaban J connectivity index is 2.63. The fraction of sp³-hybridized carbons (Fsp3) is 0.308. The van der Waals surface area contributed by atoms with Crippen LogP contribution in [0, 0.1) is 0 Å². The molecule has 1 aromatic rings. The van der Waals surface area contributed by atoms with Crippen molar-refractivity contribution < 1.29 is 19.5 Å². The van der Waals surface area contributed by atoms with Gasteiger partial charge in [-0.3, -0.25) is 14.4 Å². The number of benzene rings is 1. The summed E-state index contributed by atoms with van der Waals surface area (Å²) in [6, 6.07) is 5.11. The smallest absolute Gasteiger partial charge is 0.305 e. The van der Waals surface area contributed by atoms with Gasteiger partial charge in [0, 0.05) is 17.8 Å². The zero-order valence-electron chi connectivity index (χ0n) is 11.1. The van der Waals surface area contributed by atoms with Crippen LogP contribution in [0.25, 0.3) is 0 Å². The summed E-state index contributed by atoms with van der Waals surface area (Å²) in [4.78, 5) is 33.6. The van der Waals surface area contributed by atoms with Crippen LogP contribution < -0.4 is 16.4 Å². The van der Waals surface area contributed by atoms with Gasteiger partial charge in [-0.15, -0.1) is 0 Å². The lowest BCUT2D eigenvalue weighted by molar-refractivity contribution is -0.138. The molecule has 1 atom stereocenters. The van der Waals surface area contributed by atoms with Gasteiger partial charge in [0.1, 0.15) is 0 Å². The van der Waals surface area contributed by atoms with Crippen LogP contribution in [-0.4, -0.2) is 35.5 Å². The summed E-state index contributed by atoms with van der Waals surface area (Å²) in [5.41, 5.74) is 6.35. The first-order chi connectivity index (χ1) is 9.43. The summed E-state index contributed by atoms with van der Waals surface area (Å²) in [7, 11) is 0. The van der Waals surface area contributed by atoms with E-state index >= 15 is 0 Å². The highest BCUT2D eigenvalue weighted by Gasteiger charge is 2.17. The second kappa shape index (κ2) is 7.25. The van der Waals surface area contributed by atoms with Gasteiger partial charge in [-0.05, 0) is 31.2 Å². The van der Waals surface area contributed by atoms with Crippen LogP contribution in [0.15, 0.2) is 24.3 Å². The number of rotatable bonds is 6. The molecule has 0 bridgehead atoms. The minimum Gasteiger partial charge on any atom is -0.481 e. The standard InChI is InChI=1S/C13H17N3O4/c1-2-15-12(19)8-3-5-9(6-4-8)16-13(20)10(14)7-11(17)18/h3-6,10H,2,7,14H2,1H3,(H,15,19)(H,16,20)(H,17,18). The molecule has 2 amide bonds. The molecule has 0 saturated carbocycles. The van der Waals surface area contributed by atoms with Crippen LogP contribution in [-0.2, 0) is 9.59 Å². The molecule has 1 rings (SSSR count). The molecule has 0 heterocycles. The number of amides is 2. The quantitative estimate of drug-likeness (QED) is 0.591. The van der Waals surface area contributed by atoms with Crippen LogP contribution in [0.5, 0.6) is 0 Å². The number of carbonyl (C=O) groups is 3. The van der Waals surface area contributed by atoms with Gasteiger partial charge in [0.05, 0.1) is 12.5 Å². The number of aliphatic carboxylic acids is 1. The number of hydrogen-bond acceptors (Lipinski definition) is 4. The summed E-state index contributed by atoms with van der Waals surface area (Å²) >= 11 is 0. The lowest BCUT2D eigenvalue weighted by Gasteiger charge is -2.10. The van der Waals surface area contributed by atoms with E-state index in [1.54, 1.807) is 24.3 Å². The number of carboxylic acids is 1. The van der Waals surface area contributed by atoms with E-state index in [0.29, 0.717) is 17.8 Å². The summed E-state index contributed by atoms with van der Waals surface area (Å²) in [5, 5.41) is 13.7. The van der Waals surface area contributed by atoms with Crippen molar-refractivity contribution in [1.29, 1.82) is 0 Å². The molecule has 0 aliphatic rings. The predicted octanol–water partition coefficient (Wildman–Crippen LogP) is 0.177. The molecule has 0 aromatic heterocycles. The molecule has 20 heavy (non-hydrogen) atoms. The second-order valence-corrected chi connectivity index (χ2v) is 4.13. The van der Waals surface area contributed by atoms with Gasteiger partial charge in [-0.2, -0.15) is 0 Å². The molecule has 0 aliphatic carbocycles. The Bertz CT molecular complexity index is 499. The molecular weight excluding hydrogens is 262 g/mol. The number of carbonyl (C=O) groups excluding carboxylic acids is 2. The van der Waals surface area contributed by atoms with Crippen molar-refractivity contribution in [2.75, 3.05) is 11.9 Å². The van der Waals surface area contributed by atoms with E-state index in [9.17, 15) is 14.4 Å². The van der Waals surface area contributed by atoms with Crippen LogP contribution in [0.1, 0.15) is 23.7 Å². The van der Waals surface area contributed by atoms with Crippen molar-refractivity contribution in [3.63, 3.8) is 0 Å². The monoisotopic (exact) mass is 279 g/mol. The van der Waals surface area contributed by atoms with E-state index in [0.717, 1.165) is 0 Å². The fourth-order valence-corrected chi connectivity index (χ4v) is 1.48. The zero-order chi connectivity index (χ0) is 15.1. The largest absolute Gasteiger partial charge is 0.481 e. The molecular formula is C13H17N3O4. The van der Waals surface area contributed by atoms with Crippen molar-refractivity contribution >= 4 is 23.5 Å². The third-order valence-electron chi connectivity index (χ3n) is 2.48. The van der Waals surface area contributed by atoms with Gasteiger partial charge in [0.2, 0.25) is 5.91 Å². The third kappa shape index (κ3) is 4.69. The van der Waals surface area contributed by atoms with Gasteiger partial charge < -0.3 is 21.5 Å². The lowest BCUT2D eigenvalue weighted by atomic mass is 10.1. The van der Waals surface area contributed by atoms with Crippen molar-refractivity contribution in [2.24, 2.45) is 5.73 Å². The highest BCUT2D eigenvalue weighted by Crippen LogP contribution is 2.10. The second-order valence-electron chi connectivity index (χ2n) is 4.13. The van der Waals surface area contributed by atoms with Gasteiger partial charge >= 0.3 is 5.97 Å². The fourth-order valence-electron chi connectivity index (χ4n) is 1.48. The van der Waals surface area contributed by atoms with E-state index in [2.05, 4.69) is 10.6 Å². The van der Waals surface area contributed by atoms with E-state index in [1.807, 2.05) is 6.92 Å². The topological polar surface area (TPSA) is 122 Å². The Morgan fingerprint density at radius 3 is 2.35 bits per heavy atom. The van der Waals surface area contributed by atoms with E-state index in [-0.39, 0.29) is 5.91 Å². The van der Waals surface area contributed by atoms with E-state index in [1.165, 1.54) is 0 Å². The normalized spacial score (nSPS) is 11.5. The average molecular weight is 279 g/mol. The Hall–Kier alpha value is -2.41. The lowest BCUT2D eigenvalue weighted by Crippen LogP contribution is -2.37. The SMILES string of the molecule is CCNC(=O)c1ccc(NC(=O)C(N)CC(=O)O)cc1. The first-order valence-electron chi connectivity index (χ1n) is 6.10. The molecule has 0 saturated heterocycles. The van der Waals surface area contributed by atoms with Crippen LogP contribution in [0.4, 0.5) is 5.69 Å². The van der Waals surface area contributed by atoms with Crippen LogP contribution >= 0.6 is 0 Å². The summed E-state index contributed by atoms with van der Waals surface area (Å²) < 4.78 is 0. The Labute approximate surface area is 116 Å². The molecule has 0 fully saturated rings. The Kier molecular flexibility index (Phi) is 5.67. The molecule has 108 valence electrons. The maximum Gasteiger partial charge on any atom is 0.305 e. The molecule has 0 aliphatic heterocycles. The number of hydrogen-bond donors (Lipinski definition) is 4. The van der Waals surface area contributed by atoms with E-state index < -0.39 is 24.3 Å². The van der Waals surface area contributed by atoms with E-state index in [4.69, 9.17) is 10.8 Å². The zero-order valence-corrected chi connectivity index (χ0v) is 11.1. The first-order valence-corrected chi connectivity index (χ1v) is 6.10. The average Bonchev–Trinajstić information content (AvgIpc) is 2.39. The van der Waals surface area contributed by atoms with Crippen molar-refractivity contribution in [3.05, 3.63) is 29.8 Å². The van der Waals surface area contributed by atoms with Crippen molar-refractivity contribution in [1.82, 2.24) is 5.32 Å².